The van der Waals surface area contributed by atoms with Gasteiger partial charge in [0.25, 0.3) is 0 Å². The van der Waals surface area contributed by atoms with Crippen molar-refractivity contribution in [3.05, 3.63) is 43.0 Å². The summed E-state index contributed by atoms with van der Waals surface area (Å²) < 4.78 is 0. The summed E-state index contributed by atoms with van der Waals surface area (Å²) in [7, 11) is 0. The predicted molar refractivity (Wildman–Crippen MR) is 70.6 cm³/mol. The highest BCUT2D eigenvalue weighted by Crippen LogP contribution is 2.16. The fourth-order valence-corrected chi connectivity index (χ4v) is 1.61. The third-order valence-corrected chi connectivity index (χ3v) is 2.53. The lowest BCUT2D eigenvalue weighted by molar-refractivity contribution is -0.0366. The van der Waals surface area contributed by atoms with Crippen molar-refractivity contribution in [2.24, 2.45) is 5.92 Å². The van der Waals surface area contributed by atoms with E-state index in [1.165, 1.54) is 0 Å². The molecule has 0 aliphatic carbocycles. The second kappa shape index (κ2) is 7.09. The van der Waals surface area contributed by atoms with Crippen LogP contribution >= 0.6 is 0 Å². The molecule has 17 heavy (non-hydrogen) atoms. The van der Waals surface area contributed by atoms with E-state index in [0.717, 1.165) is 5.69 Å². The van der Waals surface area contributed by atoms with Gasteiger partial charge in [-0.25, -0.2) is 0 Å². The van der Waals surface area contributed by atoms with Crippen molar-refractivity contribution < 1.29 is 9.94 Å². The maximum absolute atomic E-state index is 9.92. The van der Waals surface area contributed by atoms with Crippen molar-refractivity contribution in [3.8, 4) is 0 Å². The first kappa shape index (κ1) is 13.7. The zero-order valence-electron chi connectivity index (χ0n) is 10.5. The van der Waals surface area contributed by atoms with Crippen LogP contribution in [0.1, 0.15) is 20.3 Å². The van der Waals surface area contributed by atoms with Gasteiger partial charge in [0.1, 0.15) is 6.10 Å². The second-order valence-corrected chi connectivity index (χ2v) is 4.39. The molecule has 0 fully saturated rings. The Morgan fingerprint density at radius 2 is 2.00 bits per heavy atom. The van der Waals surface area contributed by atoms with Gasteiger partial charge in [-0.3, -0.25) is 10.3 Å². The Hall–Kier alpha value is -1.32. The van der Waals surface area contributed by atoms with Crippen molar-refractivity contribution in [1.29, 1.82) is 0 Å². The molecule has 2 atom stereocenters. The van der Waals surface area contributed by atoms with Gasteiger partial charge in [0, 0.05) is 0 Å². The predicted octanol–water partition coefficient (Wildman–Crippen LogP) is 2.99. The molecule has 3 heteroatoms. The Balaban J connectivity index is 2.53. The fourth-order valence-electron chi connectivity index (χ4n) is 1.61. The number of hydrogen-bond donors (Lipinski definition) is 2. The lowest BCUT2D eigenvalue weighted by Crippen LogP contribution is -2.35. The van der Waals surface area contributed by atoms with Crippen LogP contribution in [0.25, 0.3) is 0 Å². The van der Waals surface area contributed by atoms with Crippen LogP contribution in [0.2, 0.25) is 0 Å². The van der Waals surface area contributed by atoms with E-state index in [0.29, 0.717) is 6.42 Å². The molecule has 1 aromatic carbocycles. The highest BCUT2D eigenvalue weighted by atomic mass is 16.7. The molecule has 94 valence electrons. The van der Waals surface area contributed by atoms with Crippen molar-refractivity contribution in [1.82, 2.24) is 0 Å². The average Bonchev–Trinajstić information content (AvgIpc) is 2.30. The Morgan fingerprint density at radius 3 is 2.53 bits per heavy atom. The van der Waals surface area contributed by atoms with Crippen LogP contribution in [0.5, 0.6) is 0 Å². The highest BCUT2D eigenvalue weighted by molar-refractivity contribution is 5.40. The number of hydrogen-bond acceptors (Lipinski definition) is 3. The normalized spacial score (nSPS) is 14.4. The summed E-state index contributed by atoms with van der Waals surface area (Å²) in [5.74, 6) is 0.223. The fraction of sp³-hybridized carbons (Fsp3) is 0.429. The Labute approximate surface area is 103 Å². The maximum atomic E-state index is 9.92. The highest BCUT2D eigenvalue weighted by Gasteiger charge is 2.23. The molecule has 0 heterocycles. The van der Waals surface area contributed by atoms with Crippen LogP contribution in [-0.4, -0.2) is 17.3 Å². The van der Waals surface area contributed by atoms with Gasteiger partial charge in [-0.1, -0.05) is 38.1 Å². The van der Waals surface area contributed by atoms with Gasteiger partial charge in [-0.2, -0.15) is 0 Å². The van der Waals surface area contributed by atoms with Crippen LogP contribution in [0.3, 0.4) is 0 Å². The van der Waals surface area contributed by atoms with E-state index in [1.807, 2.05) is 44.2 Å². The minimum absolute atomic E-state index is 0.223. The van der Waals surface area contributed by atoms with E-state index in [-0.39, 0.29) is 12.0 Å². The topological polar surface area (TPSA) is 41.5 Å². The molecule has 3 nitrogen and oxygen atoms in total. The van der Waals surface area contributed by atoms with E-state index >= 15 is 0 Å². The Morgan fingerprint density at radius 1 is 1.35 bits per heavy atom. The number of rotatable bonds is 7. The minimum Gasteiger partial charge on any atom is -0.390 e. The summed E-state index contributed by atoms with van der Waals surface area (Å²) in [5, 5.41) is 9.92. The van der Waals surface area contributed by atoms with Gasteiger partial charge in [0.2, 0.25) is 0 Å². The molecule has 0 aromatic heterocycles. The lowest BCUT2D eigenvalue weighted by atomic mass is 10.00. The summed E-state index contributed by atoms with van der Waals surface area (Å²) in [6.07, 6.45) is 1.43. The van der Waals surface area contributed by atoms with Gasteiger partial charge >= 0.3 is 0 Å². The molecule has 1 rings (SSSR count). The smallest absolute Gasteiger partial charge is 0.114 e. The first-order valence-electron chi connectivity index (χ1n) is 5.90. The van der Waals surface area contributed by atoms with Crippen molar-refractivity contribution in [2.75, 3.05) is 5.48 Å². The van der Waals surface area contributed by atoms with Crippen LogP contribution < -0.4 is 5.48 Å². The van der Waals surface area contributed by atoms with Crippen molar-refractivity contribution >= 4 is 5.69 Å². The quantitative estimate of drug-likeness (QED) is 0.564. The third-order valence-electron chi connectivity index (χ3n) is 2.53. The van der Waals surface area contributed by atoms with E-state index in [1.54, 1.807) is 6.08 Å². The molecular weight excluding hydrogens is 214 g/mol. The van der Waals surface area contributed by atoms with Gasteiger partial charge in [0.15, 0.2) is 0 Å². The van der Waals surface area contributed by atoms with Gasteiger partial charge < -0.3 is 5.11 Å². The number of para-hydroxylation sites is 1. The van der Waals surface area contributed by atoms with Crippen LogP contribution in [0, 0.1) is 5.92 Å². The Bertz CT molecular complexity index is 324. The number of benzene rings is 1. The van der Waals surface area contributed by atoms with E-state index in [4.69, 9.17) is 4.84 Å². The number of nitrogens with one attached hydrogen (secondary N) is 1. The maximum Gasteiger partial charge on any atom is 0.114 e. The molecule has 0 saturated carbocycles. The summed E-state index contributed by atoms with van der Waals surface area (Å²) in [5.41, 5.74) is 3.75. The molecule has 0 spiro atoms. The standard InChI is InChI=1S/C14H21NO2/c1-4-8-13(16)14(11(2)3)17-15-12-9-6-5-7-10-12/h4-7,9-11,13-16H,1,8H2,2-3H3/t13-,14+/m0/s1. The summed E-state index contributed by atoms with van der Waals surface area (Å²) in [6, 6.07) is 9.62. The summed E-state index contributed by atoms with van der Waals surface area (Å²) in [4.78, 5) is 5.56. The molecule has 0 bridgehead atoms. The molecular formula is C14H21NO2. The van der Waals surface area contributed by atoms with Gasteiger partial charge in [0.05, 0.1) is 11.8 Å². The molecule has 0 amide bonds. The first-order valence-corrected chi connectivity index (χ1v) is 5.90. The van der Waals surface area contributed by atoms with Crippen molar-refractivity contribution in [3.63, 3.8) is 0 Å². The first-order chi connectivity index (χ1) is 8.15. The summed E-state index contributed by atoms with van der Waals surface area (Å²) in [6.45, 7) is 7.66. The third kappa shape index (κ3) is 4.59. The zero-order chi connectivity index (χ0) is 12.7. The van der Waals surface area contributed by atoms with E-state index < -0.39 is 6.10 Å². The van der Waals surface area contributed by atoms with Gasteiger partial charge in [-0.05, 0) is 24.5 Å². The largest absolute Gasteiger partial charge is 0.390 e. The second-order valence-electron chi connectivity index (χ2n) is 4.39. The monoisotopic (exact) mass is 235 g/mol. The lowest BCUT2D eigenvalue weighted by Gasteiger charge is -2.25. The number of anilines is 1. The number of aliphatic hydroxyl groups excluding tert-OH is 1. The molecule has 0 radical (unpaired) electrons. The Kier molecular flexibility index (Phi) is 5.73. The van der Waals surface area contributed by atoms with Crippen molar-refractivity contribution in [2.45, 2.75) is 32.5 Å². The number of aliphatic hydroxyl groups is 1. The zero-order valence-corrected chi connectivity index (χ0v) is 10.5. The average molecular weight is 235 g/mol. The SMILES string of the molecule is C=CC[C@H](O)[C@H](ONc1ccccc1)C(C)C. The summed E-state index contributed by atoms with van der Waals surface area (Å²) >= 11 is 0. The van der Waals surface area contributed by atoms with Gasteiger partial charge in [-0.15, -0.1) is 6.58 Å². The molecule has 0 saturated heterocycles. The molecule has 1 aromatic rings. The molecule has 0 aliphatic rings. The van der Waals surface area contributed by atoms with Crippen LogP contribution in [0.15, 0.2) is 43.0 Å². The van der Waals surface area contributed by atoms with E-state index in [2.05, 4.69) is 12.1 Å². The van der Waals surface area contributed by atoms with Crippen LogP contribution in [0.4, 0.5) is 5.69 Å². The van der Waals surface area contributed by atoms with Crippen LogP contribution in [-0.2, 0) is 4.84 Å². The minimum atomic E-state index is -0.538. The molecule has 0 unspecified atom stereocenters. The molecule has 2 N–H and O–H groups in total. The molecule has 0 aliphatic heterocycles. The van der Waals surface area contributed by atoms with E-state index in [9.17, 15) is 5.11 Å².